The SMILES string of the molecule is CC[C@H](C)[C@H](NC(=O)[C@H](CC(N)=O)NC(=O)[C@@H]1CCCN1C(=O)[C@H](CC(N)=O)NC(=O)[C@@H](NC(=O)[C@@H](NC(=O)[C@H](CC(C)C)NC(=O)[C@H](CC(C)C)NC(=O)[C@@H](NC(=O)CNC(=O)[C@H](CCCCN)NC(=O)CN)[C@@H](C)O)[C@@H](C)O)C(C)C)C(=O)N[C@@H](CCC(N)=O)C(=O)N[C@@H](CC(N)=O)C(=O)O. The van der Waals surface area contributed by atoms with Crippen LogP contribution in [0.15, 0.2) is 0 Å². The molecular weight excluding hydrogens is 1360 g/mol. The van der Waals surface area contributed by atoms with E-state index in [1.54, 1.807) is 34.6 Å². The number of nitrogens with two attached hydrogens (primary N) is 6. The summed E-state index contributed by atoms with van der Waals surface area (Å²) in [6.07, 6.45) is -5.74. The van der Waals surface area contributed by atoms with Crippen molar-refractivity contribution in [1.29, 1.82) is 0 Å². The molecule has 0 unspecified atom stereocenters. The van der Waals surface area contributed by atoms with Gasteiger partial charge in [-0.15, -0.1) is 0 Å². The number of nitrogens with zero attached hydrogens (tertiary/aromatic N) is 1. The lowest BCUT2D eigenvalue weighted by atomic mass is 9.96. The summed E-state index contributed by atoms with van der Waals surface area (Å²) in [5.74, 6) is -21.4. The first-order valence-electron chi connectivity index (χ1n) is 34.0. The van der Waals surface area contributed by atoms with Crippen molar-refractivity contribution in [2.45, 2.75) is 237 Å². The Bertz CT molecular complexity index is 3010. The molecule has 1 rings (SSSR count). The average molecular weight is 1470 g/mol. The number of hydrogen-bond donors (Lipinski definition) is 21. The van der Waals surface area contributed by atoms with E-state index in [-0.39, 0.29) is 56.9 Å². The van der Waals surface area contributed by atoms with Crippen molar-refractivity contribution in [2.75, 3.05) is 26.2 Å². The van der Waals surface area contributed by atoms with Crippen LogP contribution in [0.4, 0.5) is 0 Å². The zero-order valence-electron chi connectivity index (χ0n) is 60.0. The van der Waals surface area contributed by atoms with Crippen molar-refractivity contribution in [2.24, 2.45) is 58.1 Å². The molecule has 0 aromatic heterocycles. The third kappa shape index (κ3) is 32.9. The summed E-state index contributed by atoms with van der Waals surface area (Å²) in [6.45, 7) is 14.2. The van der Waals surface area contributed by atoms with Crippen molar-refractivity contribution in [3.63, 3.8) is 0 Å². The quantitative estimate of drug-likeness (QED) is 0.0252. The summed E-state index contributed by atoms with van der Waals surface area (Å²) in [4.78, 5) is 240. The Kier molecular flexibility index (Phi) is 40.2. The van der Waals surface area contributed by atoms with E-state index in [0.29, 0.717) is 19.4 Å². The van der Waals surface area contributed by atoms with E-state index < -0.39 is 248 Å². The van der Waals surface area contributed by atoms with Gasteiger partial charge in [0.15, 0.2) is 0 Å². The summed E-state index contributed by atoms with van der Waals surface area (Å²) >= 11 is 0. The number of unbranched alkanes of at least 4 members (excludes halogenated alkanes) is 1. The molecule has 0 bridgehead atoms. The number of primary amides is 4. The second-order valence-electron chi connectivity index (χ2n) is 26.6. The predicted octanol–water partition coefficient (Wildman–Crippen LogP) is -8.95. The van der Waals surface area contributed by atoms with Crippen LogP contribution >= 0.6 is 0 Å². The molecule has 27 N–H and O–H groups in total. The van der Waals surface area contributed by atoms with Crippen molar-refractivity contribution < 1.29 is 102 Å². The number of likely N-dealkylation sites (tertiary alicyclic amines) is 1. The normalized spacial score (nSPS) is 16.8. The molecule has 0 radical (unpaired) electrons. The summed E-state index contributed by atoms with van der Waals surface area (Å²) in [5.41, 5.74) is 32.4. The van der Waals surface area contributed by atoms with Gasteiger partial charge in [-0.05, 0) is 95.4 Å². The number of aliphatic hydroxyl groups excluding tert-OH is 2. The Balaban J connectivity index is 3.47. The van der Waals surface area contributed by atoms with Gasteiger partial charge in [-0.25, -0.2) is 4.79 Å². The zero-order valence-corrected chi connectivity index (χ0v) is 60.0. The maximum absolute atomic E-state index is 14.5. The van der Waals surface area contributed by atoms with Crippen molar-refractivity contribution in [3.8, 4) is 0 Å². The minimum Gasteiger partial charge on any atom is -0.480 e. The van der Waals surface area contributed by atoms with Gasteiger partial charge in [0.05, 0.1) is 44.6 Å². The number of amides is 17. The molecule has 1 aliphatic heterocycles. The molecule has 40 nitrogen and oxygen atoms in total. The topological polar surface area (TPSA) is 672 Å². The zero-order chi connectivity index (χ0) is 78.9. The Labute approximate surface area is 596 Å². The van der Waals surface area contributed by atoms with Crippen molar-refractivity contribution in [1.82, 2.24) is 68.7 Å². The van der Waals surface area contributed by atoms with Crippen LogP contribution in [0.25, 0.3) is 0 Å². The lowest BCUT2D eigenvalue weighted by Gasteiger charge is -2.32. The van der Waals surface area contributed by atoms with E-state index in [4.69, 9.17) is 34.4 Å². The number of rotatable bonds is 48. The molecule has 17 amide bonds. The number of aliphatic carboxylic acids is 1. The highest BCUT2D eigenvalue weighted by atomic mass is 16.4. The Morgan fingerprint density at radius 3 is 1.37 bits per heavy atom. The third-order valence-corrected chi connectivity index (χ3v) is 16.3. The molecule has 0 aliphatic carbocycles. The fourth-order valence-corrected chi connectivity index (χ4v) is 10.6. The van der Waals surface area contributed by atoms with Crippen LogP contribution in [0.5, 0.6) is 0 Å². The number of carboxylic acid groups (broad SMARTS) is 1. The number of carbonyl (C=O) groups is 18. The van der Waals surface area contributed by atoms with Gasteiger partial charge in [-0.2, -0.15) is 0 Å². The van der Waals surface area contributed by atoms with Gasteiger partial charge in [0.1, 0.15) is 72.5 Å². The minimum atomic E-state index is -1.86. The smallest absolute Gasteiger partial charge is 0.326 e. The lowest BCUT2D eigenvalue weighted by molar-refractivity contribution is -0.144. The first-order valence-corrected chi connectivity index (χ1v) is 34.0. The van der Waals surface area contributed by atoms with Crippen molar-refractivity contribution in [3.05, 3.63) is 0 Å². The van der Waals surface area contributed by atoms with Crippen molar-refractivity contribution >= 4 is 106 Å². The Morgan fingerprint density at radius 1 is 0.447 bits per heavy atom. The third-order valence-electron chi connectivity index (χ3n) is 16.3. The summed E-state index contributed by atoms with van der Waals surface area (Å²) in [6, 6.07) is -19.4. The van der Waals surface area contributed by atoms with Crippen LogP contribution < -0.4 is 98.2 Å². The molecule has 0 spiro atoms. The lowest BCUT2D eigenvalue weighted by Crippen LogP contribution is -2.63. The van der Waals surface area contributed by atoms with Crippen LogP contribution in [0.3, 0.4) is 0 Å². The molecule has 0 saturated carbocycles. The van der Waals surface area contributed by atoms with E-state index in [2.05, 4.69) is 63.8 Å². The van der Waals surface area contributed by atoms with Crippen LogP contribution in [0.1, 0.15) is 153 Å². The molecule has 1 heterocycles. The van der Waals surface area contributed by atoms with Crippen LogP contribution in [-0.4, -0.2) is 237 Å². The van der Waals surface area contributed by atoms with Crippen LogP contribution in [0, 0.1) is 23.7 Å². The number of hydrogen-bond acceptors (Lipinski definition) is 22. The van der Waals surface area contributed by atoms with Gasteiger partial charge in [0, 0.05) is 13.0 Å². The van der Waals surface area contributed by atoms with E-state index in [9.17, 15) is 102 Å². The highest BCUT2D eigenvalue weighted by Gasteiger charge is 2.43. The summed E-state index contributed by atoms with van der Waals surface area (Å²) in [7, 11) is 0. The molecule has 0 aromatic rings. The number of aliphatic hydroxyl groups is 2. The second-order valence-corrected chi connectivity index (χ2v) is 26.6. The van der Waals surface area contributed by atoms with E-state index in [1.165, 1.54) is 27.7 Å². The molecule has 40 heteroatoms. The number of carboxylic acids is 1. The molecule has 582 valence electrons. The van der Waals surface area contributed by atoms with E-state index in [0.717, 1.165) is 11.8 Å². The molecule has 1 fully saturated rings. The Morgan fingerprint density at radius 2 is 0.874 bits per heavy atom. The fourth-order valence-electron chi connectivity index (χ4n) is 10.6. The van der Waals surface area contributed by atoms with Gasteiger partial charge < -0.3 is 118 Å². The van der Waals surface area contributed by atoms with E-state index >= 15 is 0 Å². The molecule has 15 atom stereocenters. The molecule has 103 heavy (non-hydrogen) atoms. The second kappa shape index (κ2) is 45.3. The highest BCUT2D eigenvalue weighted by Crippen LogP contribution is 2.21. The first-order chi connectivity index (χ1) is 48.0. The van der Waals surface area contributed by atoms with Gasteiger partial charge in [0.2, 0.25) is 100 Å². The number of nitrogens with one attached hydrogen (secondary N) is 12. The predicted molar refractivity (Wildman–Crippen MR) is 365 cm³/mol. The average Bonchev–Trinajstić information content (AvgIpc) is 1.80. The largest absolute Gasteiger partial charge is 0.480 e. The minimum absolute atomic E-state index is 0.0610. The van der Waals surface area contributed by atoms with E-state index in [1.807, 2.05) is 0 Å². The Hall–Kier alpha value is -9.70. The standard InChI is InChI=1S/C63H109N19O21/c1-11-31(8)49(59(98)72-35(17-18-42(66)85)53(92)77-40(63(102)103)25-45(69)88)80-56(95)38(23-43(67)86)74-57(96)41-16-14-20-82(41)62(101)39(24-44(68)87)76-58(97)48(30(6)7)79-61(100)51(33(10)84)81-55(94)37(22-29(4)5)73-54(93)36(21-28(2)3)75-60(99)50(32(9)83)78-47(90)27-70-52(91)34(15-12-13-19-64)71-46(89)26-65/h28-41,48-51,83-84H,11-27,64-65H2,1-10H3,(H2,66,85)(H2,67,86)(H2,68,87)(H2,69,88)(H,70,91)(H,71,89)(H,72,98)(H,73,93)(H,74,96)(H,75,99)(H,76,97)(H,77,92)(H,78,90)(H,79,100)(H,80,95)(H,81,94)(H,102,103)/t31-,32+,33+,34-,35-,36-,37-,38-,39-,40-,41-,48-,49-,50-,51-/m0/s1. The summed E-state index contributed by atoms with van der Waals surface area (Å²) in [5, 5.41) is 59.8. The monoisotopic (exact) mass is 1470 g/mol. The fraction of sp³-hybridized carbons (Fsp3) is 0.714. The molecule has 0 aromatic carbocycles. The van der Waals surface area contributed by atoms with Gasteiger partial charge in [0.25, 0.3) is 0 Å². The number of carbonyl (C=O) groups excluding carboxylic acids is 17. The first kappa shape index (κ1) is 91.3. The van der Waals surface area contributed by atoms with Gasteiger partial charge in [-0.1, -0.05) is 61.8 Å². The van der Waals surface area contributed by atoms with Crippen LogP contribution in [0.2, 0.25) is 0 Å². The van der Waals surface area contributed by atoms with Gasteiger partial charge >= 0.3 is 5.97 Å². The maximum Gasteiger partial charge on any atom is 0.326 e. The maximum atomic E-state index is 14.5. The molecule has 1 saturated heterocycles. The molecule has 1 aliphatic rings. The highest BCUT2D eigenvalue weighted by molar-refractivity contribution is 6.01. The van der Waals surface area contributed by atoms with Gasteiger partial charge in [-0.3, -0.25) is 81.5 Å². The van der Waals surface area contributed by atoms with Crippen LogP contribution in [-0.2, 0) is 86.3 Å². The molecular formula is C63H109N19O21. The summed E-state index contributed by atoms with van der Waals surface area (Å²) < 4.78 is 0.